The summed E-state index contributed by atoms with van der Waals surface area (Å²) in [6, 6.07) is 7.46. The first-order valence-corrected chi connectivity index (χ1v) is 11.2. The van der Waals surface area contributed by atoms with Crippen LogP contribution in [0.3, 0.4) is 0 Å². The highest BCUT2D eigenvalue weighted by Crippen LogP contribution is 2.18. The number of hydrogen-bond acceptors (Lipinski definition) is 10. The molecule has 1 aromatic heterocycles. The number of nitrogens with one attached hydrogen (secondary N) is 4. The molecular weight excluding hydrogens is 424 g/mol. The second kappa shape index (κ2) is 14.2. The first-order chi connectivity index (χ1) is 15.9. The number of ether oxygens (including phenoxy) is 2. The molecule has 0 atom stereocenters. The van der Waals surface area contributed by atoms with Crippen molar-refractivity contribution in [3.05, 3.63) is 29.8 Å². The van der Waals surface area contributed by atoms with Crippen molar-refractivity contribution in [2.45, 2.75) is 39.8 Å². The van der Waals surface area contributed by atoms with Crippen molar-refractivity contribution < 1.29 is 14.3 Å². The molecule has 0 aliphatic heterocycles. The molecule has 0 radical (unpaired) electrons. The van der Waals surface area contributed by atoms with Crippen molar-refractivity contribution in [2.75, 3.05) is 55.5 Å². The highest BCUT2D eigenvalue weighted by Gasteiger charge is 2.11. The summed E-state index contributed by atoms with van der Waals surface area (Å²) in [5.41, 5.74) is 6.55. The lowest BCUT2D eigenvalue weighted by molar-refractivity contribution is 0.0511. The van der Waals surface area contributed by atoms with Crippen LogP contribution >= 0.6 is 0 Å². The molecular formula is C22H36N8O3. The van der Waals surface area contributed by atoms with E-state index in [0.717, 1.165) is 0 Å². The average molecular weight is 461 g/mol. The number of hydrogen-bond donors (Lipinski definition) is 5. The van der Waals surface area contributed by atoms with Crippen LogP contribution in [0.4, 0.5) is 23.5 Å². The van der Waals surface area contributed by atoms with Gasteiger partial charge >= 0.3 is 0 Å². The Labute approximate surface area is 195 Å². The summed E-state index contributed by atoms with van der Waals surface area (Å²) in [5.74, 6) is 1.11. The SMILES string of the molecule is CC(C)Nc1nc(Nc2cccc(C(=O)NCCOCCOCCN)c2)nc(NC(C)C)n1. The van der Waals surface area contributed by atoms with E-state index >= 15 is 0 Å². The number of aromatic nitrogens is 3. The van der Waals surface area contributed by atoms with Crippen LogP contribution in [0.15, 0.2) is 24.3 Å². The predicted molar refractivity (Wildman–Crippen MR) is 130 cm³/mol. The van der Waals surface area contributed by atoms with Gasteiger partial charge in [0.15, 0.2) is 0 Å². The van der Waals surface area contributed by atoms with E-state index in [4.69, 9.17) is 15.2 Å². The minimum absolute atomic E-state index is 0.168. The second-order valence-corrected chi connectivity index (χ2v) is 7.88. The van der Waals surface area contributed by atoms with Gasteiger partial charge in [-0.3, -0.25) is 4.79 Å². The Morgan fingerprint density at radius 3 is 2.12 bits per heavy atom. The standard InChI is InChI=1S/C22H36N8O3/c1-15(2)25-20-28-21(26-16(3)4)30-22(29-20)27-18-7-5-6-17(14-18)19(31)24-9-11-33-13-12-32-10-8-23/h5-7,14-16H,8-13,23H2,1-4H3,(H,24,31)(H3,25,26,27,28,29,30). The monoisotopic (exact) mass is 460 g/mol. The quantitative estimate of drug-likeness (QED) is 0.250. The van der Waals surface area contributed by atoms with E-state index in [9.17, 15) is 4.79 Å². The van der Waals surface area contributed by atoms with Crippen LogP contribution in [-0.4, -0.2) is 72.5 Å². The van der Waals surface area contributed by atoms with Crippen molar-refractivity contribution >= 4 is 29.4 Å². The Balaban J connectivity index is 1.95. The molecule has 2 rings (SSSR count). The molecule has 11 nitrogen and oxygen atoms in total. The van der Waals surface area contributed by atoms with E-state index < -0.39 is 0 Å². The summed E-state index contributed by atoms with van der Waals surface area (Å²) >= 11 is 0. The Kier molecular flexibility index (Phi) is 11.3. The minimum Gasteiger partial charge on any atom is -0.378 e. The predicted octanol–water partition coefficient (Wildman–Crippen LogP) is 1.98. The summed E-state index contributed by atoms with van der Waals surface area (Å²) < 4.78 is 10.6. The Bertz CT molecular complexity index is 835. The number of nitrogens with zero attached hydrogens (tertiary/aromatic N) is 3. The smallest absolute Gasteiger partial charge is 0.251 e. The third kappa shape index (κ3) is 10.4. The molecule has 0 saturated carbocycles. The molecule has 0 aliphatic rings. The summed E-state index contributed by atoms with van der Waals surface area (Å²) in [6.07, 6.45) is 0. The zero-order valence-corrected chi connectivity index (χ0v) is 19.9. The zero-order valence-electron chi connectivity index (χ0n) is 19.9. The zero-order chi connectivity index (χ0) is 24.1. The van der Waals surface area contributed by atoms with E-state index in [1.165, 1.54) is 0 Å². The van der Waals surface area contributed by atoms with Crippen molar-refractivity contribution in [2.24, 2.45) is 5.73 Å². The number of benzene rings is 1. The van der Waals surface area contributed by atoms with Crippen LogP contribution in [0, 0.1) is 0 Å². The van der Waals surface area contributed by atoms with Crippen molar-refractivity contribution in [3.8, 4) is 0 Å². The van der Waals surface area contributed by atoms with Crippen molar-refractivity contribution in [3.63, 3.8) is 0 Å². The van der Waals surface area contributed by atoms with Gasteiger partial charge in [0.1, 0.15) is 0 Å². The molecule has 2 aromatic rings. The van der Waals surface area contributed by atoms with Gasteiger partial charge in [-0.25, -0.2) is 0 Å². The van der Waals surface area contributed by atoms with E-state index in [1.54, 1.807) is 18.2 Å². The summed E-state index contributed by atoms with van der Waals surface area (Å²) in [6.45, 7) is 10.8. The van der Waals surface area contributed by atoms with Gasteiger partial charge in [-0.05, 0) is 45.9 Å². The van der Waals surface area contributed by atoms with Gasteiger partial charge in [-0.1, -0.05) is 6.07 Å². The maximum Gasteiger partial charge on any atom is 0.251 e. The van der Waals surface area contributed by atoms with Crippen molar-refractivity contribution in [1.82, 2.24) is 20.3 Å². The Morgan fingerprint density at radius 2 is 1.52 bits per heavy atom. The first kappa shape index (κ1) is 26.2. The molecule has 182 valence electrons. The van der Waals surface area contributed by atoms with Gasteiger partial charge in [0.2, 0.25) is 17.8 Å². The molecule has 0 aliphatic carbocycles. The van der Waals surface area contributed by atoms with Crippen LogP contribution in [0.2, 0.25) is 0 Å². The van der Waals surface area contributed by atoms with E-state index in [1.807, 2.05) is 33.8 Å². The van der Waals surface area contributed by atoms with Crippen LogP contribution in [0.1, 0.15) is 38.1 Å². The van der Waals surface area contributed by atoms with E-state index in [-0.39, 0.29) is 18.0 Å². The number of carbonyl (C=O) groups is 1. The second-order valence-electron chi connectivity index (χ2n) is 7.88. The maximum absolute atomic E-state index is 12.5. The lowest BCUT2D eigenvalue weighted by Crippen LogP contribution is -2.27. The highest BCUT2D eigenvalue weighted by atomic mass is 16.5. The molecule has 6 N–H and O–H groups in total. The molecule has 0 bridgehead atoms. The average Bonchev–Trinajstić information content (AvgIpc) is 2.74. The number of nitrogens with two attached hydrogens (primary N) is 1. The summed E-state index contributed by atoms with van der Waals surface area (Å²) in [5, 5.41) is 12.4. The lowest BCUT2D eigenvalue weighted by Gasteiger charge is -2.14. The van der Waals surface area contributed by atoms with Crippen LogP contribution in [-0.2, 0) is 9.47 Å². The molecule has 0 unspecified atom stereocenters. The van der Waals surface area contributed by atoms with E-state index in [0.29, 0.717) is 68.6 Å². The van der Waals surface area contributed by atoms with Gasteiger partial charge in [0.25, 0.3) is 5.91 Å². The molecule has 1 aromatic carbocycles. The van der Waals surface area contributed by atoms with Crippen LogP contribution < -0.4 is 27.0 Å². The molecule has 11 heteroatoms. The molecule has 33 heavy (non-hydrogen) atoms. The van der Waals surface area contributed by atoms with Gasteiger partial charge in [0, 0.05) is 36.4 Å². The van der Waals surface area contributed by atoms with Gasteiger partial charge < -0.3 is 36.5 Å². The van der Waals surface area contributed by atoms with Gasteiger partial charge in [-0.15, -0.1) is 0 Å². The normalized spacial score (nSPS) is 11.0. The number of amides is 1. The molecule has 0 saturated heterocycles. The number of rotatable bonds is 15. The fourth-order valence-electron chi connectivity index (χ4n) is 2.69. The first-order valence-electron chi connectivity index (χ1n) is 11.2. The Hall–Kier alpha value is -3.02. The third-order valence-corrected chi connectivity index (χ3v) is 4.02. The largest absolute Gasteiger partial charge is 0.378 e. The highest BCUT2D eigenvalue weighted by molar-refractivity contribution is 5.95. The molecule has 0 fully saturated rings. The number of anilines is 4. The van der Waals surface area contributed by atoms with Crippen molar-refractivity contribution in [1.29, 1.82) is 0 Å². The topological polar surface area (TPSA) is 148 Å². The molecule has 1 amide bonds. The molecule has 0 spiro atoms. The summed E-state index contributed by atoms with van der Waals surface area (Å²) in [7, 11) is 0. The number of carbonyl (C=O) groups excluding carboxylic acids is 1. The van der Waals surface area contributed by atoms with Gasteiger partial charge in [-0.2, -0.15) is 15.0 Å². The van der Waals surface area contributed by atoms with Gasteiger partial charge in [0.05, 0.1) is 26.4 Å². The lowest BCUT2D eigenvalue weighted by atomic mass is 10.2. The minimum atomic E-state index is -0.193. The third-order valence-electron chi connectivity index (χ3n) is 4.02. The van der Waals surface area contributed by atoms with Crippen LogP contribution in [0.25, 0.3) is 0 Å². The fourth-order valence-corrected chi connectivity index (χ4v) is 2.69. The fraction of sp³-hybridized carbons (Fsp3) is 0.545. The van der Waals surface area contributed by atoms with Crippen LogP contribution in [0.5, 0.6) is 0 Å². The maximum atomic E-state index is 12.5. The summed E-state index contributed by atoms with van der Waals surface area (Å²) in [4.78, 5) is 25.7. The molecule has 1 heterocycles. The van der Waals surface area contributed by atoms with E-state index in [2.05, 4.69) is 36.2 Å². The Morgan fingerprint density at radius 1 is 0.909 bits per heavy atom.